The molecule has 1 aliphatic rings. The number of hydrogen-bond acceptors (Lipinski definition) is 6. The van der Waals surface area contributed by atoms with Gasteiger partial charge in [0, 0.05) is 33.2 Å². The van der Waals surface area contributed by atoms with Crippen molar-refractivity contribution in [2.45, 2.75) is 13.0 Å². The van der Waals surface area contributed by atoms with Crippen LogP contribution in [0.1, 0.15) is 6.92 Å². The molecule has 0 radical (unpaired) electrons. The van der Waals surface area contributed by atoms with E-state index in [1.54, 1.807) is 0 Å². The molecule has 2 heterocycles. The Kier molecular flexibility index (Phi) is 4.10. The fourth-order valence-corrected chi connectivity index (χ4v) is 2.61. The van der Waals surface area contributed by atoms with Crippen LogP contribution in [0.15, 0.2) is 0 Å². The van der Waals surface area contributed by atoms with Crippen LogP contribution in [0, 0.1) is 5.92 Å². The van der Waals surface area contributed by atoms with Crippen molar-refractivity contribution in [2.75, 3.05) is 51.1 Å². The van der Waals surface area contributed by atoms with Gasteiger partial charge in [0.2, 0.25) is 17.2 Å². The highest BCUT2D eigenvalue weighted by molar-refractivity contribution is 6.28. The molecule has 0 N–H and O–H groups in total. The van der Waals surface area contributed by atoms with E-state index in [0.29, 0.717) is 23.9 Å². The summed E-state index contributed by atoms with van der Waals surface area (Å²) >= 11 is 5.98. The van der Waals surface area contributed by atoms with Gasteiger partial charge in [-0.25, -0.2) is 0 Å². The number of nitrogens with zero attached hydrogens (tertiary/aromatic N) is 6. The van der Waals surface area contributed by atoms with Crippen LogP contribution in [0.3, 0.4) is 0 Å². The first-order valence-electron chi connectivity index (χ1n) is 6.38. The number of halogens is 1. The first kappa shape index (κ1) is 14.3. The molecule has 0 aromatic carbocycles. The van der Waals surface area contributed by atoms with E-state index in [1.165, 1.54) is 0 Å². The molecule has 2 unspecified atom stereocenters. The van der Waals surface area contributed by atoms with Crippen LogP contribution in [0.5, 0.6) is 0 Å². The van der Waals surface area contributed by atoms with Gasteiger partial charge in [0.25, 0.3) is 0 Å². The minimum atomic E-state index is 0.245. The topological polar surface area (TPSA) is 48.4 Å². The number of rotatable bonds is 3. The monoisotopic (exact) mass is 284 g/mol. The largest absolute Gasteiger partial charge is 0.347 e. The van der Waals surface area contributed by atoms with Crippen molar-refractivity contribution >= 4 is 23.5 Å². The molecule has 1 aromatic heterocycles. The van der Waals surface area contributed by atoms with Gasteiger partial charge in [0.05, 0.1) is 0 Å². The normalized spacial score (nSPS) is 23.2. The van der Waals surface area contributed by atoms with E-state index in [0.717, 1.165) is 13.1 Å². The second-order valence-corrected chi connectivity index (χ2v) is 5.85. The van der Waals surface area contributed by atoms with Crippen LogP contribution in [0.25, 0.3) is 0 Å². The van der Waals surface area contributed by atoms with Crippen molar-refractivity contribution in [3.05, 3.63) is 5.28 Å². The van der Waals surface area contributed by atoms with Crippen molar-refractivity contribution in [3.63, 3.8) is 0 Å². The van der Waals surface area contributed by atoms with Crippen LogP contribution < -0.4 is 9.80 Å². The molecule has 19 heavy (non-hydrogen) atoms. The molecule has 7 heteroatoms. The molecule has 1 saturated heterocycles. The highest BCUT2D eigenvalue weighted by atomic mass is 35.5. The Morgan fingerprint density at radius 3 is 2.32 bits per heavy atom. The zero-order valence-corrected chi connectivity index (χ0v) is 12.9. The molecule has 1 aromatic rings. The van der Waals surface area contributed by atoms with Crippen molar-refractivity contribution in [1.82, 2.24) is 19.9 Å². The van der Waals surface area contributed by atoms with Crippen molar-refractivity contribution in [1.29, 1.82) is 0 Å². The molecule has 1 fully saturated rings. The van der Waals surface area contributed by atoms with E-state index in [9.17, 15) is 0 Å². The van der Waals surface area contributed by atoms with Gasteiger partial charge in [-0.15, -0.1) is 0 Å². The third kappa shape index (κ3) is 3.06. The van der Waals surface area contributed by atoms with Gasteiger partial charge >= 0.3 is 0 Å². The number of anilines is 2. The molecule has 2 atom stereocenters. The predicted octanol–water partition coefficient (Wildman–Crippen LogP) is 0.977. The van der Waals surface area contributed by atoms with Crippen LogP contribution in [-0.2, 0) is 0 Å². The Morgan fingerprint density at radius 2 is 1.79 bits per heavy atom. The van der Waals surface area contributed by atoms with Gasteiger partial charge in [-0.1, -0.05) is 6.92 Å². The van der Waals surface area contributed by atoms with Crippen LogP contribution in [0.4, 0.5) is 11.9 Å². The summed E-state index contributed by atoms with van der Waals surface area (Å²) in [5.41, 5.74) is 0. The summed E-state index contributed by atoms with van der Waals surface area (Å²) in [6.45, 7) is 4.11. The van der Waals surface area contributed by atoms with Gasteiger partial charge in [-0.3, -0.25) is 0 Å². The first-order chi connectivity index (χ1) is 8.88. The van der Waals surface area contributed by atoms with E-state index in [-0.39, 0.29) is 5.28 Å². The lowest BCUT2D eigenvalue weighted by atomic mass is 10.1. The molecule has 0 aliphatic carbocycles. The summed E-state index contributed by atoms with van der Waals surface area (Å²) in [6.07, 6.45) is 0. The van der Waals surface area contributed by atoms with Crippen LogP contribution in [-0.4, -0.2) is 67.2 Å². The maximum Gasteiger partial charge on any atom is 0.231 e. The van der Waals surface area contributed by atoms with E-state index in [4.69, 9.17) is 11.6 Å². The van der Waals surface area contributed by atoms with Crippen molar-refractivity contribution < 1.29 is 0 Å². The lowest BCUT2D eigenvalue weighted by Crippen LogP contribution is -2.34. The molecular formula is C12H21ClN6. The second-order valence-electron chi connectivity index (χ2n) is 5.51. The van der Waals surface area contributed by atoms with E-state index in [2.05, 4.69) is 45.8 Å². The Hall–Kier alpha value is -1.14. The van der Waals surface area contributed by atoms with E-state index < -0.39 is 0 Å². The summed E-state index contributed by atoms with van der Waals surface area (Å²) in [7, 11) is 8.00. The number of aromatic nitrogens is 3. The Morgan fingerprint density at radius 1 is 1.11 bits per heavy atom. The third-order valence-electron chi connectivity index (χ3n) is 3.50. The lowest BCUT2D eigenvalue weighted by Gasteiger charge is -2.22. The maximum atomic E-state index is 5.98. The molecule has 0 saturated carbocycles. The molecule has 0 amide bonds. The summed E-state index contributed by atoms with van der Waals surface area (Å²) in [4.78, 5) is 19.1. The van der Waals surface area contributed by atoms with Crippen molar-refractivity contribution in [3.8, 4) is 0 Å². The summed E-state index contributed by atoms with van der Waals surface area (Å²) in [5.74, 6) is 1.84. The van der Waals surface area contributed by atoms with Gasteiger partial charge in [-0.05, 0) is 31.6 Å². The molecule has 0 spiro atoms. The lowest BCUT2D eigenvalue weighted by molar-refractivity contribution is 0.266. The highest BCUT2D eigenvalue weighted by Crippen LogP contribution is 2.25. The van der Waals surface area contributed by atoms with E-state index in [1.807, 2.05) is 19.0 Å². The quantitative estimate of drug-likeness (QED) is 0.825. The predicted molar refractivity (Wildman–Crippen MR) is 78.0 cm³/mol. The number of hydrogen-bond donors (Lipinski definition) is 0. The fraction of sp³-hybridized carbons (Fsp3) is 0.750. The van der Waals surface area contributed by atoms with Gasteiger partial charge < -0.3 is 14.7 Å². The van der Waals surface area contributed by atoms with E-state index >= 15 is 0 Å². The number of likely N-dealkylation sites (N-methyl/N-ethyl adjacent to an activating group) is 1. The zero-order valence-electron chi connectivity index (χ0n) is 12.1. The van der Waals surface area contributed by atoms with Gasteiger partial charge in [0.15, 0.2) is 0 Å². The smallest absolute Gasteiger partial charge is 0.231 e. The Balaban J connectivity index is 2.23. The molecule has 0 bridgehead atoms. The fourth-order valence-electron chi connectivity index (χ4n) is 2.46. The average molecular weight is 285 g/mol. The average Bonchev–Trinajstić information content (AvgIpc) is 2.70. The second kappa shape index (κ2) is 5.46. The molecule has 6 nitrogen and oxygen atoms in total. The summed E-state index contributed by atoms with van der Waals surface area (Å²) in [6, 6.07) is 0.512. The van der Waals surface area contributed by atoms with Crippen LogP contribution >= 0.6 is 11.6 Å². The standard InChI is InChI=1S/C12H21ClN6/c1-8-6-19(7-9(8)17(2)3)12-15-10(13)14-11(16-12)18(4)5/h8-9H,6-7H2,1-5H3. The summed E-state index contributed by atoms with van der Waals surface area (Å²) in [5, 5.41) is 0.245. The molecule has 2 rings (SSSR count). The minimum absolute atomic E-state index is 0.245. The van der Waals surface area contributed by atoms with Crippen molar-refractivity contribution in [2.24, 2.45) is 5.92 Å². The highest BCUT2D eigenvalue weighted by Gasteiger charge is 2.32. The van der Waals surface area contributed by atoms with Gasteiger partial charge in [0.1, 0.15) is 0 Å². The van der Waals surface area contributed by atoms with Crippen LogP contribution in [0.2, 0.25) is 5.28 Å². The summed E-state index contributed by atoms with van der Waals surface area (Å²) < 4.78 is 0. The van der Waals surface area contributed by atoms with Gasteiger partial charge in [-0.2, -0.15) is 15.0 Å². The third-order valence-corrected chi connectivity index (χ3v) is 3.67. The maximum absolute atomic E-state index is 5.98. The Bertz CT molecular complexity index is 450. The molecule has 1 aliphatic heterocycles. The SMILES string of the molecule is CC1CN(c2nc(Cl)nc(N(C)C)n2)CC1N(C)C. The molecule has 106 valence electrons. The first-order valence-corrected chi connectivity index (χ1v) is 6.76. The zero-order chi connectivity index (χ0) is 14.2. The minimum Gasteiger partial charge on any atom is -0.347 e. The molecular weight excluding hydrogens is 264 g/mol. The Labute approximate surface area is 119 Å².